The smallest absolute Gasteiger partial charge is 0.0214 e. The summed E-state index contributed by atoms with van der Waals surface area (Å²) >= 11 is 0. The van der Waals surface area contributed by atoms with Gasteiger partial charge in [-0.05, 0) is 48.8 Å². The topological polar surface area (TPSA) is 0 Å². The maximum Gasteiger partial charge on any atom is 0.0214 e. The van der Waals surface area contributed by atoms with Crippen molar-refractivity contribution >= 4 is 0 Å². The van der Waals surface area contributed by atoms with Gasteiger partial charge in [0.15, 0.2) is 0 Å². The summed E-state index contributed by atoms with van der Waals surface area (Å²) in [4.78, 5) is 0. The molecule has 0 bridgehead atoms. The van der Waals surface area contributed by atoms with Crippen molar-refractivity contribution in [2.45, 2.75) is 52.4 Å². The van der Waals surface area contributed by atoms with Gasteiger partial charge in [-0.25, -0.2) is 0 Å². The van der Waals surface area contributed by atoms with Crippen LogP contribution in [0, 0.1) is 17.8 Å². The van der Waals surface area contributed by atoms with Crippen LogP contribution in [-0.4, -0.2) is 0 Å². The van der Waals surface area contributed by atoms with E-state index < -0.39 is 0 Å². The molecule has 0 aliphatic heterocycles. The lowest BCUT2D eigenvalue weighted by Gasteiger charge is -2.17. The molecule has 0 saturated heterocycles. The highest BCUT2D eigenvalue weighted by molar-refractivity contribution is 5.34. The lowest BCUT2D eigenvalue weighted by Crippen LogP contribution is -2.04. The second kappa shape index (κ2) is 5.92. The molecule has 0 amide bonds. The zero-order valence-corrected chi connectivity index (χ0v) is 11.1. The van der Waals surface area contributed by atoms with E-state index in [1.165, 1.54) is 31.2 Å². The summed E-state index contributed by atoms with van der Waals surface area (Å²) < 4.78 is 0. The maximum atomic E-state index is 3.31. The van der Waals surface area contributed by atoms with E-state index in [0.717, 1.165) is 12.8 Å². The Kier molecular flexibility index (Phi) is 4.26. The van der Waals surface area contributed by atoms with Crippen LogP contribution < -0.4 is 0 Å². The summed E-state index contributed by atoms with van der Waals surface area (Å²) in [6, 6.07) is 7.05. The number of rotatable bonds is 2. The molecule has 1 unspecified atom stereocenters. The first-order valence-corrected chi connectivity index (χ1v) is 6.88. The van der Waals surface area contributed by atoms with Crippen molar-refractivity contribution in [2.24, 2.45) is 5.92 Å². The van der Waals surface area contributed by atoms with E-state index in [2.05, 4.69) is 43.9 Å². The maximum absolute atomic E-state index is 3.31. The lowest BCUT2D eigenvalue weighted by atomic mass is 9.89. The van der Waals surface area contributed by atoms with E-state index in [1.807, 2.05) is 0 Å². The van der Waals surface area contributed by atoms with Crippen LogP contribution in [0.25, 0.3) is 0 Å². The summed E-state index contributed by atoms with van der Waals surface area (Å²) in [7, 11) is 0. The van der Waals surface area contributed by atoms with Crippen LogP contribution in [0.15, 0.2) is 18.2 Å². The van der Waals surface area contributed by atoms with Gasteiger partial charge in [-0.3, -0.25) is 0 Å². The molecule has 0 heterocycles. The SMILES string of the molecule is CCC#CC(C)Cc1ccc2c(c1)CCCC2. The fourth-order valence-electron chi connectivity index (χ4n) is 2.59. The molecule has 0 radical (unpaired) electrons. The van der Waals surface area contributed by atoms with Crippen molar-refractivity contribution in [3.63, 3.8) is 0 Å². The highest BCUT2D eigenvalue weighted by Crippen LogP contribution is 2.23. The summed E-state index contributed by atoms with van der Waals surface area (Å²) in [5, 5.41) is 0. The Balaban J connectivity index is 2.06. The molecule has 0 aromatic heterocycles. The third kappa shape index (κ3) is 3.37. The van der Waals surface area contributed by atoms with Gasteiger partial charge in [-0.1, -0.05) is 38.0 Å². The van der Waals surface area contributed by atoms with Crippen molar-refractivity contribution in [3.8, 4) is 11.8 Å². The molecular formula is C17H22. The van der Waals surface area contributed by atoms with Crippen molar-refractivity contribution in [1.82, 2.24) is 0 Å². The first kappa shape index (κ1) is 12.2. The fraction of sp³-hybridized carbons (Fsp3) is 0.529. The predicted octanol–water partition coefficient (Wildman–Crippen LogP) is 4.16. The van der Waals surface area contributed by atoms with Gasteiger partial charge in [0.1, 0.15) is 0 Å². The van der Waals surface area contributed by atoms with Gasteiger partial charge in [0.2, 0.25) is 0 Å². The van der Waals surface area contributed by atoms with Gasteiger partial charge in [0, 0.05) is 12.3 Å². The molecule has 0 spiro atoms. The Bertz CT molecular complexity index is 431. The lowest BCUT2D eigenvalue weighted by molar-refractivity contribution is 0.680. The third-order valence-electron chi connectivity index (χ3n) is 3.48. The van der Waals surface area contributed by atoms with Crippen LogP contribution in [0.4, 0.5) is 0 Å². The van der Waals surface area contributed by atoms with Gasteiger partial charge in [-0.15, -0.1) is 5.92 Å². The number of hydrogen-bond donors (Lipinski definition) is 0. The van der Waals surface area contributed by atoms with E-state index >= 15 is 0 Å². The van der Waals surface area contributed by atoms with E-state index in [9.17, 15) is 0 Å². The Morgan fingerprint density at radius 1 is 1.18 bits per heavy atom. The molecule has 17 heavy (non-hydrogen) atoms. The predicted molar refractivity (Wildman–Crippen MR) is 74.0 cm³/mol. The first-order valence-electron chi connectivity index (χ1n) is 6.88. The molecule has 1 aromatic rings. The molecule has 1 atom stereocenters. The van der Waals surface area contributed by atoms with Crippen LogP contribution in [0.5, 0.6) is 0 Å². The highest BCUT2D eigenvalue weighted by Gasteiger charge is 2.10. The molecule has 0 saturated carbocycles. The molecular weight excluding hydrogens is 204 g/mol. The minimum absolute atomic E-state index is 0.483. The second-order valence-corrected chi connectivity index (χ2v) is 5.09. The normalized spacial score (nSPS) is 15.6. The molecule has 2 rings (SSSR count). The standard InChI is InChI=1S/C17H22/c1-3-4-7-14(2)12-15-10-11-16-8-5-6-9-17(16)13-15/h10-11,13-14H,3,5-6,8-9,12H2,1-2H3. The van der Waals surface area contributed by atoms with Gasteiger partial charge in [0.25, 0.3) is 0 Å². The van der Waals surface area contributed by atoms with E-state index in [-0.39, 0.29) is 0 Å². The van der Waals surface area contributed by atoms with E-state index in [0.29, 0.717) is 5.92 Å². The molecule has 1 aromatic carbocycles. The molecule has 1 aliphatic rings. The largest absolute Gasteiger partial charge is 0.103 e. The average molecular weight is 226 g/mol. The van der Waals surface area contributed by atoms with Crippen LogP contribution in [0.1, 0.15) is 49.8 Å². The van der Waals surface area contributed by atoms with Crippen molar-refractivity contribution in [2.75, 3.05) is 0 Å². The second-order valence-electron chi connectivity index (χ2n) is 5.09. The monoisotopic (exact) mass is 226 g/mol. The molecule has 0 heteroatoms. The zero-order chi connectivity index (χ0) is 12.1. The van der Waals surface area contributed by atoms with E-state index in [4.69, 9.17) is 0 Å². The molecule has 0 fully saturated rings. The minimum Gasteiger partial charge on any atom is -0.103 e. The first-order chi connectivity index (χ1) is 8.29. The van der Waals surface area contributed by atoms with Gasteiger partial charge in [0.05, 0.1) is 0 Å². The summed E-state index contributed by atoms with van der Waals surface area (Å²) in [6.07, 6.45) is 7.35. The quantitative estimate of drug-likeness (QED) is 0.664. The molecule has 1 aliphatic carbocycles. The van der Waals surface area contributed by atoms with Gasteiger partial charge >= 0.3 is 0 Å². The van der Waals surface area contributed by atoms with Crippen LogP contribution in [-0.2, 0) is 19.3 Å². The molecule has 90 valence electrons. The number of fused-ring (bicyclic) bond motifs is 1. The van der Waals surface area contributed by atoms with Gasteiger partial charge < -0.3 is 0 Å². The summed E-state index contributed by atoms with van der Waals surface area (Å²) in [5.74, 6) is 6.97. The van der Waals surface area contributed by atoms with Crippen molar-refractivity contribution in [1.29, 1.82) is 0 Å². The third-order valence-corrected chi connectivity index (χ3v) is 3.48. The van der Waals surface area contributed by atoms with Gasteiger partial charge in [-0.2, -0.15) is 0 Å². The minimum atomic E-state index is 0.483. The van der Waals surface area contributed by atoms with Crippen LogP contribution in [0.3, 0.4) is 0 Å². The summed E-state index contributed by atoms with van der Waals surface area (Å²) in [6.45, 7) is 4.33. The van der Waals surface area contributed by atoms with Crippen molar-refractivity contribution < 1.29 is 0 Å². The average Bonchev–Trinajstić information content (AvgIpc) is 2.36. The Morgan fingerprint density at radius 3 is 2.71 bits per heavy atom. The zero-order valence-electron chi connectivity index (χ0n) is 11.1. The molecule has 0 nitrogen and oxygen atoms in total. The number of hydrogen-bond acceptors (Lipinski definition) is 0. The Labute approximate surface area is 105 Å². The number of aryl methyl sites for hydroxylation is 2. The Morgan fingerprint density at radius 2 is 1.94 bits per heavy atom. The van der Waals surface area contributed by atoms with Crippen LogP contribution in [0.2, 0.25) is 0 Å². The highest BCUT2D eigenvalue weighted by atomic mass is 14.1. The molecule has 0 N–H and O–H groups in total. The Hall–Kier alpha value is -1.22. The fourth-order valence-corrected chi connectivity index (χ4v) is 2.59. The summed E-state index contributed by atoms with van der Waals surface area (Å²) in [5.41, 5.74) is 4.63. The number of benzene rings is 1. The van der Waals surface area contributed by atoms with Crippen LogP contribution >= 0.6 is 0 Å². The van der Waals surface area contributed by atoms with Crippen molar-refractivity contribution in [3.05, 3.63) is 34.9 Å². The van der Waals surface area contributed by atoms with E-state index in [1.54, 1.807) is 11.1 Å².